The zero-order valence-corrected chi connectivity index (χ0v) is 11.8. The van der Waals surface area contributed by atoms with Crippen LogP contribution >= 0.6 is 0 Å². The van der Waals surface area contributed by atoms with Crippen molar-refractivity contribution in [3.8, 4) is 0 Å². The number of fused-ring (bicyclic) bond motifs is 1. The summed E-state index contributed by atoms with van der Waals surface area (Å²) < 4.78 is 5.91. The minimum Gasteiger partial charge on any atom is -0.461 e. The second-order valence-electron chi connectivity index (χ2n) is 5.40. The van der Waals surface area contributed by atoms with Crippen molar-refractivity contribution < 1.29 is 9.52 Å². The zero-order chi connectivity index (χ0) is 13.9. The van der Waals surface area contributed by atoms with Crippen molar-refractivity contribution in [3.63, 3.8) is 0 Å². The molecule has 106 valence electrons. The summed E-state index contributed by atoms with van der Waals surface area (Å²) >= 11 is 0. The van der Waals surface area contributed by atoms with E-state index in [9.17, 15) is 0 Å². The van der Waals surface area contributed by atoms with Gasteiger partial charge >= 0.3 is 0 Å². The van der Waals surface area contributed by atoms with Crippen molar-refractivity contribution in [2.24, 2.45) is 5.92 Å². The van der Waals surface area contributed by atoms with E-state index in [0.29, 0.717) is 12.0 Å². The van der Waals surface area contributed by atoms with E-state index in [1.54, 1.807) is 0 Å². The molecule has 0 saturated heterocycles. The topological polar surface area (TPSA) is 45.4 Å². The van der Waals surface area contributed by atoms with Gasteiger partial charge in [-0.2, -0.15) is 0 Å². The lowest BCUT2D eigenvalue weighted by Crippen LogP contribution is -2.26. The van der Waals surface area contributed by atoms with Gasteiger partial charge in [0.1, 0.15) is 11.3 Å². The van der Waals surface area contributed by atoms with Crippen LogP contribution in [0.4, 0.5) is 0 Å². The molecular formula is C17H21NO2. The highest BCUT2D eigenvalue weighted by Crippen LogP contribution is 2.27. The van der Waals surface area contributed by atoms with Gasteiger partial charge in [-0.1, -0.05) is 37.3 Å². The predicted octanol–water partition coefficient (Wildman–Crippen LogP) is 3.02. The lowest BCUT2D eigenvalue weighted by atomic mass is 10.1. The van der Waals surface area contributed by atoms with Gasteiger partial charge in [0.05, 0.1) is 0 Å². The maximum absolute atomic E-state index is 9.17. The monoisotopic (exact) mass is 271 g/mol. The Bertz CT molecular complexity index is 614. The van der Waals surface area contributed by atoms with E-state index >= 15 is 0 Å². The van der Waals surface area contributed by atoms with E-state index in [-0.39, 0.29) is 6.61 Å². The zero-order valence-electron chi connectivity index (χ0n) is 11.8. The maximum Gasteiger partial charge on any atom is 0.134 e. The molecule has 2 atom stereocenters. The summed E-state index contributed by atoms with van der Waals surface area (Å²) in [6, 6.07) is 8.56. The number of aliphatic hydroxyl groups excluding tert-OH is 1. The van der Waals surface area contributed by atoms with E-state index in [1.165, 1.54) is 10.9 Å². The minimum atomic E-state index is 0.240. The molecule has 1 aromatic heterocycles. The Hall–Kier alpha value is -1.58. The summed E-state index contributed by atoms with van der Waals surface area (Å²) in [5.74, 6) is 1.37. The summed E-state index contributed by atoms with van der Waals surface area (Å²) in [4.78, 5) is 0. The third-order valence-corrected chi connectivity index (χ3v) is 4.05. The standard InChI is InChI=1S/C17H21NO2/c1-2-16-15(14-5-3-4-6-17(14)20-16)10-18-13-8-7-12(9-13)11-19/h3-8,12-13,18-19H,2,9-11H2,1H3/t12-,13+/m0/s1. The van der Waals surface area contributed by atoms with Gasteiger partial charge in [-0.3, -0.25) is 0 Å². The predicted molar refractivity (Wildman–Crippen MR) is 80.6 cm³/mol. The normalized spacial score (nSPS) is 21.9. The Balaban J connectivity index is 1.75. The van der Waals surface area contributed by atoms with Gasteiger partial charge in [-0.25, -0.2) is 0 Å². The summed E-state index contributed by atoms with van der Waals surface area (Å²) in [6.07, 6.45) is 6.15. The number of hydrogen-bond acceptors (Lipinski definition) is 3. The molecule has 0 bridgehead atoms. The first-order chi connectivity index (χ1) is 9.81. The molecule has 1 aliphatic carbocycles. The summed E-state index contributed by atoms with van der Waals surface area (Å²) in [7, 11) is 0. The average molecular weight is 271 g/mol. The number of furan rings is 1. The average Bonchev–Trinajstić information content (AvgIpc) is 3.08. The van der Waals surface area contributed by atoms with E-state index in [1.807, 2.05) is 12.1 Å². The van der Waals surface area contributed by atoms with Crippen molar-refractivity contribution in [3.05, 3.63) is 47.7 Å². The molecule has 0 fully saturated rings. The molecule has 0 saturated carbocycles. The minimum absolute atomic E-state index is 0.240. The maximum atomic E-state index is 9.17. The fraction of sp³-hybridized carbons (Fsp3) is 0.412. The van der Waals surface area contributed by atoms with Crippen molar-refractivity contribution >= 4 is 11.0 Å². The van der Waals surface area contributed by atoms with Crippen LogP contribution in [0, 0.1) is 5.92 Å². The molecule has 0 amide bonds. The van der Waals surface area contributed by atoms with Crippen LogP contribution in [0.15, 0.2) is 40.8 Å². The van der Waals surface area contributed by atoms with E-state index in [0.717, 1.165) is 30.7 Å². The number of nitrogens with one attached hydrogen (secondary N) is 1. The number of hydrogen-bond donors (Lipinski definition) is 2. The summed E-state index contributed by atoms with van der Waals surface area (Å²) in [5.41, 5.74) is 2.24. The lowest BCUT2D eigenvalue weighted by Gasteiger charge is -2.12. The van der Waals surface area contributed by atoms with Crippen LogP contribution in [0.3, 0.4) is 0 Å². The van der Waals surface area contributed by atoms with Crippen LogP contribution < -0.4 is 5.32 Å². The Kier molecular flexibility index (Phi) is 3.90. The fourth-order valence-corrected chi connectivity index (χ4v) is 2.92. The summed E-state index contributed by atoms with van der Waals surface area (Å²) in [5, 5.41) is 13.9. The van der Waals surface area contributed by atoms with E-state index in [2.05, 4.69) is 36.5 Å². The molecule has 3 rings (SSSR count). The van der Waals surface area contributed by atoms with Gasteiger partial charge in [0.2, 0.25) is 0 Å². The molecule has 0 spiro atoms. The number of aryl methyl sites for hydroxylation is 1. The first-order valence-electron chi connectivity index (χ1n) is 7.33. The Morgan fingerprint density at radius 2 is 2.15 bits per heavy atom. The first-order valence-corrected chi connectivity index (χ1v) is 7.33. The van der Waals surface area contributed by atoms with Gasteiger partial charge in [0.15, 0.2) is 0 Å². The Morgan fingerprint density at radius 1 is 1.30 bits per heavy atom. The van der Waals surface area contributed by atoms with Crippen LogP contribution in [0.2, 0.25) is 0 Å². The van der Waals surface area contributed by atoms with Crippen LogP contribution in [0.1, 0.15) is 24.7 Å². The first kappa shape index (κ1) is 13.4. The van der Waals surface area contributed by atoms with Crippen LogP contribution in [-0.4, -0.2) is 17.8 Å². The van der Waals surface area contributed by atoms with Gasteiger partial charge in [0.25, 0.3) is 0 Å². The largest absolute Gasteiger partial charge is 0.461 e. The van der Waals surface area contributed by atoms with Crippen LogP contribution in [-0.2, 0) is 13.0 Å². The molecule has 1 aromatic carbocycles. The third kappa shape index (κ3) is 2.51. The number of rotatable bonds is 5. The Morgan fingerprint density at radius 3 is 2.90 bits per heavy atom. The fourth-order valence-electron chi connectivity index (χ4n) is 2.92. The van der Waals surface area contributed by atoms with E-state index < -0.39 is 0 Å². The van der Waals surface area contributed by atoms with Crippen LogP contribution in [0.25, 0.3) is 11.0 Å². The van der Waals surface area contributed by atoms with Crippen LogP contribution in [0.5, 0.6) is 0 Å². The molecule has 0 unspecified atom stereocenters. The molecule has 3 heteroatoms. The molecule has 2 N–H and O–H groups in total. The molecule has 1 heterocycles. The number of aliphatic hydroxyl groups is 1. The molecule has 20 heavy (non-hydrogen) atoms. The second-order valence-corrected chi connectivity index (χ2v) is 5.40. The van der Waals surface area contributed by atoms with E-state index in [4.69, 9.17) is 9.52 Å². The Labute approximate surface area is 119 Å². The molecular weight excluding hydrogens is 250 g/mol. The van der Waals surface area contributed by atoms with Gasteiger partial charge in [-0.15, -0.1) is 0 Å². The molecule has 1 aliphatic rings. The van der Waals surface area contributed by atoms with Gasteiger partial charge in [-0.05, 0) is 12.5 Å². The lowest BCUT2D eigenvalue weighted by molar-refractivity contribution is 0.246. The smallest absolute Gasteiger partial charge is 0.134 e. The van der Waals surface area contributed by atoms with Crippen molar-refractivity contribution in [1.82, 2.24) is 5.32 Å². The van der Waals surface area contributed by atoms with Crippen molar-refractivity contribution in [1.29, 1.82) is 0 Å². The highest BCUT2D eigenvalue weighted by molar-refractivity contribution is 5.82. The highest BCUT2D eigenvalue weighted by atomic mass is 16.3. The third-order valence-electron chi connectivity index (χ3n) is 4.05. The number of para-hydroxylation sites is 1. The SMILES string of the molecule is CCc1oc2ccccc2c1CN[C@@H]1C=C[C@H](CO)C1. The highest BCUT2D eigenvalue weighted by Gasteiger charge is 2.19. The second kappa shape index (κ2) is 5.81. The molecule has 3 nitrogen and oxygen atoms in total. The molecule has 0 aliphatic heterocycles. The van der Waals surface area contributed by atoms with Crippen molar-refractivity contribution in [2.75, 3.05) is 6.61 Å². The summed E-state index contributed by atoms with van der Waals surface area (Å²) in [6.45, 7) is 3.18. The van der Waals surface area contributed by atoms with Gasteiger partial charge in [0, 0.05) is 42.5 Å². The van der Waals surface area contributed by atoms with Gasteiger partial charge < -0.3 is 14.8 Å². The van der Waals surface area contributed by atoms with Crippen molar-refractivity contribution in [2.45, 2.75) is 32.4 Å². The molecule has 2 aromatic rings. The quantitative estimate of drug-likeness (QED) is 0.822. The number of benzene rings is 1. The molecule has 0 radical (unpaired) electrons.